The van der Waals surface area contributed by atoms with E-state index in [1.54, 1.807) is 0 Å². The summed E-state index contributed by atoms with van der Waals surface area (Å²) in [5.41, 5.74) is 7.14. The highest BCUT2D eigenvalue weighted by molar-refractivity contribution is 5.34. The largest absolute Gasteiger partial charge is 0.328 e. The molecule has 0 radical (unpaired) electrons. The topological polar surface area (TPSA) is 56.7 Å². The zero-order chi connectivity index (χ0) is 12.5. The van der Waals surface area contributed by atoms with Gasteiger partial charge in [0.15, 0.2) is 0 Å². The summed E-state index contributed by atoms with van der Waals surface area (Å²) in [6.07, 6.45) is 3.22. The van der Waals surface area contributed by atoms with E-state index in [0.29, 0.717) is 12.0 Å². The van der Waals surface area contributed by atoms with Gasteiger partial charge in [-0.05, 0) is 38.3 Å². The molecule has 3 rings (SSSR count). The molecule has 4 nitrogen and oxygen atoms in total. The Morgan fingerprint density at radius 1 is 1.17 bits per heavy atom. The van der Waals surface area contributed by atoms with Crippen LogP contribution >= 0.6 is 0 Å². The lowest BCUT2D eigenvalue weighted by Gasteiger charge is -2.13. The lowest BCUT2D eigenvalue weighted by Crippen LogP contribution is -2.15. The van der Waals surface area contributed by atoms with Gasteiger partial charge in [0.1, 0.15) is 11.6 Å². The number of nitrogens with two attached hydrogens (primary N) is 1. The number of benzene rings is 1. The van der Waals surface area contributed by atoms with Crippen molar-refractivity contribution in [1.29, 1.82) is 0 Å². The van der Waals surface area contributed by atoms with Crippen molar-refractivity contribution in [2.75, 3.05) is 0 Å². The minimum absolute atomic E-state index is 0.316. The summed E-state index contributed by atoms with van der Waals surface area (Å²) < 4.78 is 2.16. The SMILES string of the molecule is Cc1nnc(C2CCC(N)C2)n1-c1ccccc1. The van der Waals surface area contributed by atoms with Crippen molar-refractivity contribution in [3.63, 3.8) is 0 Å². The second-order valence-corrected chi connectivity index (χ2v) is 5.05. The minimum Gasteiger partial charge on any atom is -0.328 e. The van der Waals surface area contributed by atoms with Gasteiger partial charge in [-0.1, -0.05) is 18.2 Å². The number of aromatic nitrogens is 3. The molecule has 2 atom stereocenters. The zero-order valence-electron chi connectivity index (χ0n) is 10.6. The summed E-state index contributed by atoms with van der Waals surface area (Å²) in [6, 6.07) is 10.6. The second-order valence-electron chi connectivity index (χ2n) is 5.05. The van der Waals surface area contributed by atoms with Crippen molar-refractivity contribution in [2.45, 2.75) is 38.1 Å². The number of hydrogen-bond donors (Lipinski definition) is 1. The van der Waals surface area contributed by atoms with Crippen molar-refractivity contribution in [3.05, 3.63) is 42.0 Å². The molecule has 0 saturated heterocycles. The number of hydrogen-bond acceptors (Lipinski definition) is 3. The van der Waals surface area contributed by atoms with Crippen LogP contribution in [0.25, 0.3) is 5.69 Å². The predicted molar refractivity (Wildman–Crippen MR) is 70.7 cm³/mol. The first-order chi connectivity index (χ1) is 8.75. The van der Waals surface area contributed by atoms with Gasteiger partial charge in [0, 0.05) is 17.6 Å². The van der Waals surface area contributed by atoms with E-state index in [4.69, 9.17) is 5.73 Å². The van der Waals surface area contributed by atoms with E-state index in [1.807, 2.05) is 25.1 Å². The van der Waals surface area contributed by atoms with E-state index in [-0.39, 0.29) is 0 Å². The van der Waals surface area contributed by atoms with Gasteiger partial charge in [-0.2, -0.15) is 0 Å². The van der Waals surface area contributed by atoms with Crippen molar-refractivity contribution in [2.24, 2.45) is 5.73 Å². The Balaban J connectivity index is 2.02. The fourth-order valence-electron chi connectivity index (χ4n) is 2.79. The lowest BCUT2D eigenvalue weighted by molar-refractivity contribution is 0.629. The Morgan fingerprint density at radius 3 is 2.61 bits per heavy atom. The average Bonchev–Trinajstić information content (AvgIpc) is 2.96. The molecule has 0 amide bonds. The summed E-state index contributed by atoms with van der Waals surface area (Å²) in [5.74, 6) is 2.45. The van der Waals surface area contributed by atoms with Crippen LogP contribution in [0.3, 0.4) is 0 Å². The molecular weight excluding hydrogens is 224 g/mol. The van der Waals surface area contributed by atoms with Gasteiger partial charge in [-0.25, -0.2) is 0 Å². The molecule has 1 aromatic carbocycles. The highest BCUT2D eigenvalue weighted by atomic mass is 15.3. The van der Waals surface area contributed by atoms with Gasteiger partial charge in [-0.3, -0.25) is 4.57 Å². The molecule has 0 bridgehead atoms. The smallest absolute Gasteiger partial charge is 0.140 e. The van der Waals surface area contributed by atoms with Crippen LogP contribution in [-0.2, 0) is 0 Å². The van der Waals surface area contributed by atoms with Crippen LogP contribution in [0.5, 0.6) is 0 Å². The average molecular weight is 242 g/mol. The van der Waals surface area contributed by atoms with E-state index in [0.717, 1.165) is 36.6 Å². The molecule has 94 valence electrons. The number of aryl methyl sites for hydroxylation is 1. The van der Waals surface area contributed by atoms with E-state index < -0.39 is 0 Å². The van der Waals surface area contributed by atoms with Gasteiger partial charge >= 0.3 is 0 Å². The van der Waals surface area contributed by atoms with Crippen molar-refractivity contribution < 1.29 is 0 Å². The van der Waals surface area contributed by atoms with Crippen molar-refractivity contribution in [1.82, 2.24) is 14.8 Å². The maximum absolute atomic E-state index is 6.00. The summed E-state index contributed by atoms with van der Waals surface area (Å²) in [4.78, 5) is 0. The maximum Gasteiger partial charge on any atom is 0.140 e. The Bertz CT molecular complexity index is 532. The summed E-state index contributed by atoms with van der Waals surface area (Å²) in [6.45, 7) is 2.00. The van der Waals surface area contributed by atoms with Crippen LogP contribution in [0.2, 0.25) is 0 Å². The fourth-order valence-corrected chi connectivity index (χ4v) is 2.79. The fraction of sp³-hybridized carbons (Fsp3) is 0.429. The molecule has 1 aliphatic rings. The van der Waals surface area contributed by atoms with Crippen molar-refractivity contribution >= 4 is 0 Å². The molecule has 1 aromatic heterocycles. The minimum atomic E-state index is 0.316. The normalized spacial score (nSPS) is 23.4. The molecule has 4 heteroatoms. The third kappa shape index (κ3) is 1.93. The zero-order valence-corrected chi connectivity index (χ0v) is 10.6. The monoisotopic (exact) mass is 242 g/mol. The molecular formula is C14H18N4. The van der Waals surface area contributed by atoms with E-state index in [9.17, 15) is 0 Å². The van der Waals surface area contributed by atoms with E-state index in [2.05, 4.69) is 26.9 Å². The first kappa shape index (κ1) is 11.4. The predicted octanol–water partition coefficient (Wildman–Crippen LogP) is 2.17. The van der Waals surface area contributed by atoms with Crippen LogP contribution in [0.4, 0.5) is 0 Å². The molecule has 1 aliphatic carbocycles. The molecule has 2 N–H and O–H groups in total. The molecule has 1 fully saturated rings. The lowest BCUT2D eigenvalue weighted by atomic mass is 10.1. The van der Waals surface area contributed by atoms with E-state index >= 15 is 0 Å². The molecule has 2 unspecified atom stereocenters. The molecule has 0 spiro atoms. The molecule has 0 aliphatic heterocycles. The number of para-hydroxylation sites is 1. The Labute approximate surface area is 107 Å². The van der Waals surface area contributed by atoms with Crippen molar-refractivity contribution in [3.8, 4) is 5.69 Å². The number of nitrogens with zero attached hydrogens (tertiary/aromatic N) is 3. The van der Waals surface area contributed by atoms with Gasteiger partial charge in [0.25, 0.3) is 0 Å². The first-order valence-corrected chi connectivity index (χ1v) is 6.48. The number of rotatable bonds is 2. The highest BCUT2D eigenvalue weighted by Crippen LogP contribution is 2.33. The van der Waals surface area contributed by atoms with Crippen LogP contribution in [0, 0.1) is 6.92 Å². The maximum atomic E-state index is 6.00. The standard InChI is InChI=1S/C14H18N4/c1-10-16-17-14(11-7-8-12(15)9-11)18(10)13-5-3-2-4-6-13/h2-6,11-12H,7-9,15H2,1H3. The molecule has 1 saturated carbocycles. The van der Waals surface area contributed by atoms with Crippen LogP contribution < -0.4 is 5.73 Å². The van der Waals surface area contributed by atoms with Gasteiger partial charge in [-0.15, -0.1) is 10.2 Å². The van der Waals surface area contributed by atoms with E-state index in [1.165, 1.54) is 0 Å². The van der Waals surface area contributed by atoms with Gasteiger partial charge in [0.05, 0.1) is 0 Å². The van der Waals surface area contributed by atoms with Gasteiger partial charge in [0.2, 0.25) is 0 Å². The van der Waals surface area contributed by atoms with Crippen LogP contribution in [-0.4, -0.2) is 20.8 Å². The quantitative estimate of drug-likeness (QED) is 0.878. The molecule has 1 heterocycles. The molecule has 18 heavy (non-hydrogen) atoms. The Morgan fingerprint density at radius 2 is 1.94 bits per heavy atom. The Kier molecular flexibility index (Phi) is 2.88. The second kappa shape index (κ2) is 4.53. The Hall–Kier alpha value is -1.68. The summed E-state index contributed by atoms with van der Waals surface area (Å²) in [7, 11) is 0. The third-order valence-electron chi connectivity index (χ3n) is 3.70. The van der Waals surface area contributed by atoms with Crippen LogP contribution in [0.15, 0.2) is 30.3 Å². The van der Waals surface area contributed by atoms with Gasteiger partial charge < -0.3 is 5.73 Å². The molecule has 2 aromatic rings. The van der Waals surface area contributed by atoms with Crippen LogP contribution in [0.1, 0.15) is 36.8 Å². The summed E-state index contributed by atoms with van der Waals surface area (Å²) in [5, 5.41) is 8.60. The first-order valence-electron chi connectivity index (χ1n) is 6.48. The summed E-state index contributed by atoms with van der Waals surface area (Å²) >= 11 is 0. The third-order valence-corrected chi connectivity index (χ3v) is 3.70. The highest BCUT2D eigenvalue weighted by Gasteiger charge is 2.28.